The van der Waals surface area contributed by atoms with Gasteiger partial charge in [0, 0.05) is 33.6 Å². The maximum Gasteiger partial charge on any atom is 0.137 e. The van der Waals surface area contributed by atoms with E-state index in [9.17, 15) is 10.5 Å². The molecule has 226 valence electrons. The van der Waals surface area contributed by atoms with E-state index in [1.807, 2.05) is 48.6 Å². The first kappa shape index (κ1) is 29.6. The number of hydrogen-bond acceptors (Lipinski definition) is 4. The van der Waals surface area contributed by atoms with Crippen LogP contribution in [0.25, 0.3) is 22.8 Å². The summed E-state index contributed by atoms with van der Waals surface area (Å²) in [5.74, 6) is 1.21. The number of rotatable bonds is 7. The van der Waals surface area contributed by atoms with Gasteiger partial charge >= 0.3 is 0 Å². The van der Waals surface area contributed by atoms with Crippen molar-refractivity contribution in [1.82, 2.24) is 0 Å². The Morgan fingerprint density at radius 3 is 1.89 bits per heavy atom. The summed E-state index contributed by atoms with van der Waals surface area (Å²) in [5, 5.41) is 19.2. The third-order valence-corrected chi connectivity index (χ3v) is 9.49. The van der Waals surface area contributed by atoms with E-state index in [1.54, 1.807) is 6.08 Å². The second kappa shape index (κ2) is 12.4. The molecule has 7 rings (SSSR count). The number of anilines is 3. The summed E-state index contributed by atoms with van der Waals surface area (Å²) in [4.78, 5) is 2.33. The van der Waals surface area contributed by atoms with Gasteiger partial charge in [-0.2, -0.15) is 10.5 Å². The molecule has 0 atom stereocenters. The minimum atomic E-state index is -0.131. The van der Waals surface area contributed by atoms with E-state index < -0.39 is 0 Å². The Hall–Kier alpha value is -6.10. The Morgan fingerprint density at radius 1 is 0.660 bits per heavy atom. The van der Waals surface area contributed by atoms with Crippen molar-refractivity contribution in [3.8, 4) is 29.0 Å². The molecule has 4 nitrogen and oxygen atoms in total. The van der Waals surface area contributed by atoms with Crippen molar-refractivity contribution < 1.29 is 4.74 Å². The quantitative estimate of drug-likeness (QED) is 0.173. The van der Waals surface area contributed by atoms with E-state index in [4.69, 9.17) is 4.74 Å². The standard InChI is InChI=1S/C43H33N3O/c1-3-43(4-2)40-25-30(19-22-35-27-39(31(28-44)29-45)38-17-11-12-18-42(38)47-35)20-23-36(40)37-24-21-34(26-41(37)43)46(32-13-7-5-8-14-32)33-15-9-6-10-16-33/h5-27H,3-4H2,1-2H3/b22-19+. The summed E-state index contributed by atoms with van der Waals surface area (Å²) >= 11 is 0. The first-order chi connectivity index (χ1) is 23.1. The molecule has 47 heavy (non-hydrogen) atoms. The van der Waals surface area contributed by atoms with Gasteiger partial charge in [-0.1, -0.05) is 98.8 Å². The lowest BCUT2D eigenvalue weighted by molar-refractivity contribution is 0.439. The molecule has 0 spiro atoms. The highest BCUT2D eigenvalue weighted by Gasteiger charge is 2.41. The van der Waals surface area contributed by atoms with Crippen molar-refractivity contribution >= 4 is 28.7 Å². The van der Waals surface area contributed by atoms with Gasteiger partial charge in [0.15, 0.2) is 0 Å². The van der Waals surface area contributed by atoms with E-state index in [0.29, 0.717) is 17.1 Å². The fourth-order valence-electron chi connectivity index (χ4n) is 7.12. The lowest BCUT2D eigenvalue weighted by atomic mass is 9.73. The summed E-state index contributed by atoms with van der Waals surface area (Å²) in [6.07, 6.45) is 7.69. The Kier molecular flexibility index (Phi) is 7.78. The molecule has 0 unspecified atom stereocenters. The summed E-state index contributed by atoms with van der Waals surface area (Å²) in [6.45, 7) is 4.58. The van der Waals surface area contributed by atoms with E-state index in [0.717, 1.165) is 41.0 Å². The zero-order valence-electron chi connectivity index (χ0n) is 26.4. The van der Waals surface area contributed by atoms with Crippen LogP contribution in [0, 0.1) is 22.7 Å². The highest BCUT2D eigenvalue weighted by atomic mass is 16.5. The third-order valence-electron chi connectivity index (χ3n) is 9.49. The fourth-order valence-corrected chi connectivity index (χ4v) is 7.12. The molecule has 4 heteroatoms. The number of para-hydroxylation sites is 3. The van der Waals surface area contributed by atoms with Crippen LogP contribution < -0.4 is 9.64 Å². The summed E-state index contributed by atoms with van der Waals surface area (Å²) in [6, 6.07) is 46.3. The van der Waals surface area contributed by atoms with Crippen molar-refractivity contribution in [3.63, 3.8) is 0 Å². The largest absolute Gasteiger partial charge is 0.457 e. The maximum absolute atomic E-state index is 9.60. The number of ether oxygens (including phenoxy) is 1. The summed E-state index contributed by atoms with van der Waals surface area (Å²) in [5.41, 5.74) is 11.0. The molecule has 5 aromatic rings. The Labute approximate surface area is 276 Å². The van der Waals surface area contributed by atoms with Gasteiger partial charge in [0.25, 0.3) is 0 Å². The first-order valence-electron chi connectivity index (χ1n) is 16.0. The molecule has 0 amide bonds. The van der Waals surface area contributed by atoms with Crippen LogP contribution in [0.4, 0.5) is 17.1 Å². The number of benzene rings is 5. The van der Waals surface area contributed by atoms with Gasteiger partial charge in [-0.15, -0.1) is 0 Å². The second-order valence-corrected chi connectivity index (χ2v) is 11.8. The molecule has 0 bridgehead atoms. The highest BCUT2D eigenvalue weighted by molar-refractivity contribution is 5.88. The molecule has 0 N–H and O–H groups in total. The van der Waals surface area contributed by atoms with Crippen molar-refractivity contribution in [3.05, 3.63) is 167 Å². The van der Waals surface area contributed by atoms with Crippen molar-refractivity contribution in [2.75, 3.05) is 4.90 Å². The number of nitrogens with zero attached hydrogens (tertiary/aromatic N) is 3. The van der Waals surface area contributed by atoms with Gasteiger partial charge in [0.2, 0.25) is 0 Å². The molecule has 0 aromatic heterocycles. The summed E-state index contributed by atoms with van der Waals surface area (Å²) in [7, 11) is 0. The molecular weight excluding hydrogens is 574 g/mol. The molecule has 0 saturated carbocycles. The van der Waals surface area contributed by atoms with Crippen molar-refractivity contribution in [2.45, 2.75) is 32.1 Å². The summed E-state index contributed by atoms with van der Waals surface area (Å²) < 4.78 is 6.17. The zero-order chi connectivity index (χ0) is 32.4. The van der Waals surface area contributed by atoms with E-state index in [2.05, 4.69) is 116 Å². The first-order valence-corrected chi connectivity index (χ1v) is 16.0. The van der Waals surface area contributed by atoms with Gasteiger partial charge in [-0.3, -0.25) is 0 Å². The van der Waals surface area contributed by atoms with E-state index >= 15 is 0 Å². The van der Waals surface area contributed by atoms with Gasteiger partial charge in [0.1, 0.15) is 29.2 Å². The molecule has 0 fully saturated rings. The minimum absolute atomic E-state index is 0.0649. The molecule has 1 aliphatic carbocycles. The van der Waals surface area contributed by atoms with Crippen LogP contribution in [-0.4, -0.2) is 0 Å². The van der Waals surface area contributed by atoms with Gasteiger partial charge in [-0.25, -0.2) is 0 Å². The van der Waals surface area contributed by atoms with Crippen molar-refractivity contribution in [2.24, 2.45) is 0 Å². The Balaban J connectivity index is 1.28. The predicted molar refractivity (Wildman–Crippen MR) is 190 cm³/mol. The monoisotopic (exact) mass is 607 g/mol. The van der Waals surface area contributed by atoms with E-state index in [-0.39, 0.29) is 11.0 Å². The topological polar surface area (TPSA) is 60.1 Å². The zero-order valence-corrected chi connectivity index (χ0v) is 26.4. The third kappa shape index (κ3) is 5.11. The molecule has 0 saturated heterocycles. The normalized spacial score (nSPS) is 13.8. The lowest BCUT2D eigenvalue weighted by Crippen LogP contribution is -2.23. The number of nitriles is 2. The second-order valence-electron chi connectivity index (χ2n) is 11.8. The molecule has 2 aliphatic rings. The smallest absolute Gasteiger partial charge is 0.137 e. The fraction of sp³-hybridized carbons (Fsp3) is 0.116. The molecule has 5 aromatic carbocycles. The number of hydrogen-bond donors (Lipinski definition) is 0. The number of allylic oxidation sites excluding steroid dienone is 4. The maximum atomic E-state index is 9.60. The van der Waals surface area contributed by atoms with Gasteiger partial charge in [0.05, 0.1) is 0 Å². The molecule has 0 radical (unpaired) electrons. The van der Waals surface area contributed by atoms with Crippen LogP contribution in [0.5, 0.6) is 5.75 Å². The SMILES string of the molecule is CCC1(CC)c2cc(/C=C/C3=CC(=C(C#N)C#N)c4ccccc4O3)ccc2-c2ccc(N(c3ccccc3)c3ccccc3)cc21. The molecule has 1 heterocycles. The van der Waals surface area contributed by atoms with Crippen LogP contribution in [0.2, 0.25) is 0 Å². The average Bonchev–Trinajstić information content (AvgIpc) is 3.40. The lowest BCUT2D eigenvalue weighted by Gasteiger charge is -2.32. The van der Waals surface area contributed by atoms with Crippen LogP contribution in [0.15, 0.2) is 145 Å². The van der Waals surface area contributed by atoms with E-state index in [1.165, 1.54) is 22.3 Å². The molecule has 1 aliphatic heterocycles. The minimum Gasteiger partial charge on any atom is -0.457 e. The van der Waals surface area contributed by atoms with Crippen LogP contribution in [0.3, 0.4) is 0 Å². The van der Waals surface area contributed by atoms with Gasteiger partial charge < -0.3 is 9.64 Å². The van der Waals surface area contributed by atoms with Crippen LogP contribution >= 0.6 is 0 Å². The highest BCUT2D eigenvalue weighted by Crippen LogP contribution is 2.54. The van der Waals surface area contributed by atoms with Gasteiger partial charge in [-0.05, 0) is 95.3 Å². The van der Waals surface area contributed by atoms with Crippen molar-refractivity contribution in [1.29, 1.82) is 10.5 Å². The van der Waals surface area contributed by atoms with Crippen LogP contribution in [0.1, 0.15) is 48.9 Å². The average molecular weight is 608 g/mol. The Bertz CT molecular complexity index is 2100. The number of fused-ring (bicyclic) bond motifs is 4. The molecular formula is C43H33N3O. The van der Waals surface area contributed by atoms with Crippen LogP contribution in [-0.2, 0) is 5.41 Å². The Morgan fingerprint density at radius 2 is 1.26 bits per heavy atom. The predicted octanol–water partition coefficient (Wildman–Crippen LogP) is 11.0.